The van der Waals surface area contributed by atoms with Gasteiger partial charge < -0.3 is 15.4 Å². The normalized spacial score (nSPS) is 14.9. The van der Waals surface area contributed by atoms with E-state index in [0.717, 1.165) is 23.0 Å². The van der Waals surface area contributed by atoms with E-state index in [1.807, 2.05) is 37.4 Å². The van der Waals surface area contributed by atoms with Gasteiger partial charge in [0.1, 0.15) is 12.4 Å². The van der Waals surface area contributed by atoms with Crippen LogP contribution in [0.2, 0.25) is 0 Å². The molecule has 0 unspecified atom stereocenters. The fourth-order valence-corrected chi connectivity index (χ4v) is 3.21. The zero-order valence-corrected chi connectivity index (χ0v) is 18.2. The zero-order chi connectivity index (χ0) is 18.0. The molecule has 0 radical (unpaired) electrons. The number of aromatic nitrogens is 1. The highest BCUT2D eigenvalue weighted by Crippen LogP contribution is 2.17. The number of benzene rings is 1. The Kier molecular flexibility index (Phi) is 9.38. The van der Waals surface area contributed by atoms with Crippen molar-refractivity contribution in [3.8, 4) is 5.75 Å². The van der Waals surface area contributed by atoms with Gasteiger partial charge in [-0.15, -0.1) is 24.0 Å². The second-order valence-electron chi connectivity index (χ2n) is 6.66. The summed E-state index contributed by atoms with van der Waals surface area (Å²) in [5.41, 5.74) is 2.09. The van der Waals surface area contributed by atoms with Crippen LogP contribution in [0.1, 0.15) is 43.4 Å². The molecule has 1 aromatic heterocycles. The largest absolute Gasteiger partial charge is 0.487 e. The molecule has 0 spiro atoms. The van der Waals surface area contributed by atoms with Crippen LogP contribution in [0.5, 0.6) is 5.75 Å². The molecule has 0 amide bonds. The number of aliphatic imine (C=N–C) groups is 1. The molecule has 1 aliphatic carbocycles. The van der Waals surface area contributed by atoms with Crippen LogP contribution in [-0.4, -0.2) is 24.0 Å². The summed E-state index contributed by atoms with van der Waals surface area (Å²) in [6.07, 6.45) is 8.23. The SMILES string of the molecule is CN=C(NCc1cccc(OCc2ccccn2)c1)NC1CCCCC1.I. The molecule has 0 atom stereocenters. The lowest BCUT2D eigenvalue weighted by molar-refractivity contribution is 0.301. The van der Waals surface area contributed by atoms with Crippen LogP contribution in [0.4, 0.5) is 0 Å². The molecule has 6 heteroatoms. The van der Waals surface area contributed by atoms with E-state index in [2.05, 4.69) is 32.7 Å². The third-order valence-electron chi connectivity index (χ3n) is 4.64. The van der Waals surface area contributed by atoms with Crippen LogP contribution in [-0.2, 0) is 13.2 Å². The predicted octanol–water partition coefficient (Wildman–Crippen LogP) is 4.28. The molecule has 1 saturated carbocycles. The molecule has 27 heavy (non-hydrogen) atoms. The first-order chi connectivity index (χ1) is 12.8. The maximum absolute atomic E-state index is 5.85. The van der Waals surface area contributed by atoms with Crippen LogP contribution in [0.3, 0.4) is 0 Å². The fraction of sp³-hybridized carbons (Fsp3) is 0.429. The lowest BCUT2D eigenvalue weighted by Gasteiger charge is -2.24. The van der Waals surface area contributed by atoms with Crippen molar-refractivity contribution < 1.29 is 4.74 Å². The monoisotopic (exact) mass is 480 g/mol. The van der Waals surface area contributed by atoms with E-state index < -0.39 is 0 Å². The summed E-state index contributed by atoms with van der Waals surface area (Å²) in [6, 6.07) is 14.5. The molecule has 5 nitrogen and oxygen atoms in total. The number of guanidine groups is 1. The Bertz CT molecular complexity index is 702. The third-order valence-corrected chi connectivity index (χ3v) is 4.64. The van der Waals surface area contributed by atoms with Crippen molar-refractivity contribution in [2.24, 2.45) is 4.99 Å². The Balaban J connectivity index is 0.00000261. The summed E-state index contributed by atoms with van der Waals surface area (Å²) >= 11 is 0. The molecule has 0 bridgehead atoms. The van der Waals surface area contributed by atoms with Gasteiger partial charge in [0.15, 0.2) is 5.96 Å². The molecule has 1 fully saturated rings. The van der Waals surface area contributed by atoms with Gasteiger partial charge in [-0.05, 0) is 42.7 Å². The van der Waals surface area contributed by atoms with E-state index in [4.69, 9.17) is 4.74 Å². The number of hydrogen-bond donors (Lipinski definition) is 2. The number of ether oxygens (including phenoxy) is 1. The van der Waals surface area contributed by atoms with E-state index in [1.165, 1.54) is 32.1 Å². The lowest BCUT2D eigenvalue weighted by atomic mass is 9.96. The van der Waals surface area contributed by atoms with Gasteiger partial charge in [0.05, 0.1) is 5.69 Å². The van der Waals surface area contributed by atoms with Gasteiger partial charge in [0.2, 0.25) is 0 Å². The van der Waals surface area contributed by atoms with Gasteiger partial charge in [-0.3, -0.25) is 9.98 Å². The number of rotatable bonds is 6. The molecule has 2 N–H and O–H groups in total. The van der Waals surface area contributed by atoms with Crippen molar-refractivity contribution in [2.45, 2.75) is 51.3 Å². The number of halogens is 1. The Morgan fingerprint density at radius 2 is 2.00 bits per heavy atom. The smallest absolute Gasteiger partial charge is 0.191 e. The predicted molar refractivity (Wildman–Crippen MR) is 121 cm³/mol. The van der Waals surface area contributed by atoms with Crippen molar-refractivity contribution in [3.63, 3.8) is 0 Å². The average molecular weight is 480 g/mol. The highest BCUT2D eigenvalue weighted by atomic mass is 127. The Morgan fingerprint density at radius 1 is 1.15 bits per heavy atom. The minimum absolute atomic E-state index is 0. The van der Waals surface area contributed by atoms with Crippen molar-refractivity contribution in [2.75, 3.05) is 7.05 Å². The highest BCUT2D eigenvalue weighted by molar-refractivity contribution is 14.0. The summed E-state index contributed by atoms with van der Waals surface area (Å²) in [5, 5.41) is 6.94. The topological polar surface area (TPSA) is 58.5 Å². The van der Waals surface area contributed by atoms with Crippen LogP contribution in [0.25, 0.3) is 0 Å². The van der Waals surface area contributed by atoms with Crippen LogP contribution in [0.15, 0.2) is 53.7 Å². The number of hydrogen-bond acceptors (Lipinski definition) is 3. The molecular weight excluding hydrogens is 451 g/mol. The van der Waals surface area contributed by atoms with Crippen molar-refractivity contribution in [1.29, 1.82) is 0 Å². The molecule has 0 saturated heterocycles. The maximum atomic E-state index is 5.85. The highest BCUT2D eigenvalue weighted by Gasteiger charge is 2.14. The second-order valence-corrected chi connectivity index (χ2v) is 6.66. The Labute approximate surface area is 179 Å². The average Bonchev–Trinajstić information content (AvgIpc) is 2.71. The van der Waals surface area contributed by atoms with Gasteiger partial charge in [0.25, 0.3) is 0 Å². The Morgan fingerprint density at radius 3 is 2.74 bits per heavy atom. The minimum atomic E-state index is 0. The van der Waals surface area contributed by atoms with Crippen molar-refractivity contribution >= 4 is 29.9 Å². The molecule has 1 aliphatic rings. The quantitative estimate of drug-likeness (QED) is 0.368. The number of nitrogens with zero attached hydrogens (tertiary/aromatic N) is 2. The van der Waals surface area contributed by atoms with Gasteiger partial charge in [-0.25, -0.2) is 0 Å². The van der Waals surface area contributed by atoms with E-state index in [1.54, 1.807) is 6.20 Å². The van der Waals surface area contributed by atoms with Gasteiger partial charge in [-0.1, -0.05) is 37.5 Å². The van der Waals surface area contributed by atoms with E-state index in [-0.39, 0.29) is 24.0 Å². The fourth-order valence-electron chi connectivity index (χ4n) is 3.21. The van der Waals surface area contributed by atoms with E-state index >= 15 is 0 Å². The number of nitrogens with one attached hydrogen (secondary N) is 2. The maximum Gasteiger partial charge on any atom is 0.191 e. The van der Waals surface area contributed by atoms with Crippen LogP contribution < -0.4 is 15.4 Å². The summed E-state index contributed by atoms with van der Waals surface area (Å²) < 4.78 is 5.85. The molecule has 1 heterocycles. The summed E-state index contributed by atoms with van der Waals surface area (Å²) in [7, 11) is 1.82. The summed E-state index contributed by atoms with van der Waals surface area (Å²) in [5.74, 6) is 1.72. The van der Waals surface area contributed by atoms with Crippen LogP contribution >= 0.6 is 24.0 Å². The molecule has 2 aromatic rings. The van der Waals surface area contributed by atoms with E-state index in [9.17, 15) is 0 Å². The summed E-state index contributed by atoms with van der Waals surface area (Å²) in [4.78, 5) is 8.63. The van der Waals surface area contributed by atoms with E-state index in [0.29, 0.717) is 19.2 Å². The van der Waals surface area contributed by atoms with Crippen molar-refractivity contribution in [3.05, 3.63) is 59.9 Å². The Hall–Kier alpha value is -1.83. The number of pyridine rings is 1. The van der Waals surface area contributed by atoms with Gasteiger partial charge in [0, 0.05) is 25.8 Å². The van der Waals surface area contributed by atoms with Crippen LogP contribution in [0, 0.1) is 0 Å². The van der Waals surface area contributed by atoms with Crippen molar-refractivity contribution in [1.82, 2.24) is 15.6 Å². The molecule has 3 rings (SSSR count). The van der Waals surface area contributed by atoms with Gasteiger partial charge >= 0.3 is 0 Å². The zero-order valence-electron chi connectivity index (χ0n) is 15.9. The van der Waals surface area contributed by atoms with Gasteiger partial charge in [-0.2, -0.15) is 0 Å². The molecule has 146 valence electrons. The minimum Gasteiger partial charge on any atom is -0.487 e. The first kappa shape index (κ1) is 21.5. The second kappa shape index (κ2) is 11.8. The first-order valence-electron chi connectivity index (χ1n) is 9.42. The molecule has 0 aliphatic heterocycles. The molecule has 1 aromatic carbocycles. The standard InChI is InChI=1S/C21H28N4O.HI/c1-22-21(25-18-9-3-2-4-10-18)24-15-17-8-7-12-20(14-17)26-16-19-11-5-6-13-23-19;/h5-8,11-14,18H,2-4,9-10,15-16H2,1H3,(H2,22,24,25);1H. The first-order valence-corrected chi connectivity index (χ1v) is 9.42. The third kappa shape index (κ3) is 7.36. The summed E-state index contributed by atoms with van der Waals surface area (Å²) in [6.45, 7) is 1.19. The lowest BCUT2D eigenvalue weighted by Crippen LogP contribution is -2.43. The molecular formula is C21H29IN4O.